The van der Waals surface area contributed by atoms with Crippen LogP contribution in [0.4, 0.5) is 4.39 Å². The Bertz CT molecular complexity index is 724. The zero-order valence-electron chi connectivity index (χ0n) is 14.2. The van der Waals surface area contributed by atoms with Crippen molar-refractivity contribution in [3.63, 3.8) is 0 Å². The van der Waals surface area contributed by atoms with Gasteiger partial charge in [-0.3, -0.25) is 4.79 Å². The standard InChI is InChI=1S/C20H21ClFNO2/c1-23(14-16-17(21)8-5-9-18(16)22)19(24)20(10-12-25-13-11-20)15-6-3-2-4-7-15/h2-9H,10-14H2,1H3. The lowest BCUT2D eigenvalue weighted by Gasteiger charge is -2.39. The number of hydrogen-bond donors (Lipinski definition) is 0. The molecule has 1 amide bonds. The average molecular weight is 362 g/mol. The predicted octanol–water partition coefficient (Wildman–Crippen LogP) is 4.19. The molecule has 3 nitrogen and oxygen atoms in total. The van der Waals surface area contributed by atoms with Crippen LogP contribution in [0, 0.1) is 5.82 Å². The molecule has 0 saturated carbocycles. The fraction of sp³-hybridized carbons (Fsp3) is 0.350. The molecule has 132 valence electrons. The Kier molecular flexibility index (Phi) is 5.40. The smallest absolute Gasteiger partial charge is 0.233 e. The topological polar surface area (TPSA) is 29.5 Å². The summed E-state index contributed by atoms with van der Waals surface area (Å²) >= 11 is 6.12. The fourth-order valence-corrected chi connectivity index (χ4v) is 3.68. The lowest BCUT2D eigenvalue weighted by molar-refractivity contribution is -0.140. The van der Waals surface area contributed by atoms with Gasteiger partial charge in [0.15, 0.2) is 0 Å². The molecule has 1 aliphatic rings. The largest absolute Gasteiger partial charge is 0.381 e. The summed E-state index contributed by atoms with van der Waals surface area (Å²) < 4.78 is 19.6. The number of carbonyl (C=O) groups is 1. The van der Waals surface area contributed by atoms with E-state index in [1.807, 2.05) is 30.3 Å². The molecule has 0 atom stereocenters. The predicted molar refractivity (Wildman–Crippen MR) is 96.1 cm³/mol. The van der Waals surface area contributed by atoms with Crippen LogP contribution in [0.5, 0.6) is 0 Å². The lowest BCUT2D eigenvalue weighted by Crippen LogP contribution is -2.48. The van der Waals surface area contributed by atoms with E-state index in [1.165, 1.54) is 6.07 Å². The maximum absolute atomic E-state index is 14.1. The Morgan fingerprint density at radius 1 is 1.16 bits per heavy atom. The molecule has 0 N–H and O–H groups in total. The third kappa shape index (κ3) is 3.55. The van der Waals surface area contributed by atoms with Crippen molar-refractivity contribution in [2.45, 2.75) is 24.8 Å². The molecular formula is C20H21ClFNO2. The highest BCUT2D eigenvalue weighted by Crippen LogP contribution is 2.37. The quantitative estimate of drug-likeness (QED) is 0.817. The van der Waals surface area contributed by atoms with Crippen molar-refractivity contribution in [3.05, 3.63) is 70.5 Å². The second-order valence-corrected chi connectivity index (χ2v) is 6.83. The SMILES string of the molecule is CN(Cc1c(F)cccc1Cl)C(=O)C1(c2ccccc2)CCOCC1. The number of halogens is 2. The maximum Gasteiger partial charge on any atom is 0.233 e. The van der Waals surface area contributed by atoms with Gasteiger partial charge < -0.3 is 9.64 Å². The van der Waals surface area contributed by atoms with Crippen LogP contribution in [0.15, 0.2) is 48.5 Å². The molecule has 25 heavy (non-hydrogen) atoms. The summed E-state index contributed by atoms with van der Waals surface area (Å²) in [6.07, 6.45) is 1.23. The third-order valence-corrected chi connectivity index (χ3v) is 5.24. The molecule has 3 rings (SSSR count). The van der Waals surface area contributed by atoms with Crippen LogP contribution in [0.2, 0.25) is 5.02 Å². The van der Waals surface area contributed by atoms with Crippen LogP contribution in [0.1, 0.15) is 24.0 Å². The molecule has 0 aliphatic carbocycles. The zero-order chi connectivity index (χ0) is 17.9. The molecule has 0 unspecified atom stereocenters. The average Bonchev–Trinajstić information content (AvgIpc) is 2.65. The minimum absolute atomic E-state index is 0.0266. The van der Waals surface area contributed by atoms with E-state index in [0.29, 0.717) is 36.6 Å². The molecular weight excluding hydrogens is 341 g/mol. The molecule has 2 aromatic rings. The van der Waals surface area contributed by atoms with E-state index in [1.54, 1.807) is 24.1 Å². The van der Waals surface area contributed by atoms with Gasteiger partial charge in [0, 0.05) is 37.4 Å². The minimum Gasteiger partial charge on any atom is -0.381 e. The van der Waals surface area contributed by atoms with E-state index in [2.05, 4.69) is 0 Å². The van der Waals surface area contributed by atoms with Crippen molar-refractivity contribution in [1.29, 1.82) is 0 Å². The summed E-state index contributed by atoms with van der Waals surface area (Å²) in [5.41, 5.74) is 0.691. The van der Waals surface area contributed by atoms with Gasteiger partial charge in [0.2, 0.25) is 5.91 Å². The first kappa shape index (κ1) is 17.9. The summed E-state index contributed by atoms with van der Waals surface area (Å²) in [5, 5.41) is 0.334. The number of ether oxygens (including phenoxy) is 1. The van der Waals surface area contributed by atoms with Crippen molar-refractivity contribution in [2.24, 2.45) is 0 Å². The third-order valence-electron chi connectivity index (χ3n) is 4.89. The van der Waals surface area contributed by atoms with Gasteiger partial charge in [0.25, 0.3) is 0 Å². The summed E-state index contributed by atoms with van der Waals surface area (Å²) in [6, 6.07) is 14.3. The maximum atomic E-state index is 14.1. The van der Waals surface area contributed by atoms with E-state index in [9.17, 15) is 9.18 Å². The van der Waals surface area contributed by atoms with Crippen molar-refractivity contribution in [3.8, 4) is 0 Å². The Hall–Kier alpha value is -1.91. The normalized spacial score (nSPS) is 16.4. The Balaban J connectivity index is 1.90. The second-order valence-electron chi connectivity index (χ2n) is 6.42. The Labute approximate surface area is 152 Å². The first-order chi connectivity index (χ1) is 12.0. The molecule has 2 aromatic carbocycles. The van der Waals surface area contributed by atoms with Gasteiger partial charge in [-0.05, 0) is 30.5 Å². The van der Waals surface area contributed by atoms with Crippen molar-refractivity contribution < 1.29 is 13.9 Å². The van der Waals surface area contributed by atoms with Crippen LogP contribution < -0.4 is 0 Å². The summed E-state index contributed by atoms with van der Waals surface area (Å²) in [4.78, 5) is 14.9. The van der Waals surface area contributed by atoms with E-state index in [-0.39, 0.29) is 12.5 Å². The molecule has 1 aliphatic heterocycles. The van der Waals surface area contributed by atoms with Crippen molar-refractivity contribution in [1.82, 2.24) is 4.90 Å². The number of benzene rings is 2. The molecule has 0 bridgehead atoms. The van der Waals surface area contributed by atoms with Gasteiger partial charge in [-0.1, -0.05) is 48.0 Å². The van der Waals surface area contributed by atoms with E-state index in [4.69, 9.17) is 16.3 Å². The Morgan fingerprint density at radius 2 is 1.84 bits per heavy atom. The number of carbonyl (C=O) groups excluding carboxylic acids is 1. The minimum atomic E-state index is -0.633. The zero-order valence-corrected chi connectivity index (χ0v) is 14.9. The number of hydrogen-bond acceptors (Lipinski definition) is 2. The number of nitrogens with zero attached hydrogens (tertiary/aromatic N) is 1. The van der Waals surface area contributed by atoms with E-state index >= 15 is 0 Å². The monoisotopic (exact) mass is 361 g/mol. The van der Waals surface area contributed by atoms with E-state index in [0.717, 1.165) is 5.56 Å². The van der Waals surface area contributed by atoms with Crippen molar-refractivity contribution in [2.75, 3.05) is 20.3 Å². The Morgan fingerprint density at radius 3 is 2.48 bits per heavy atom. The molecule has 1 saturated heterocycles. The fourth-order valence-electron chi connectivity index (χ4n) is 3.46. The highest BCUT2D eigenvalue weighted by molar-refractivity contribution is 6.31. The van der Waals surface area contributed by atoms with Gasteiger partial charge >= 0.3 is 0 Å². The van der Waals surface area contributed by atoms with Crippen LogP contribution in [0.25, 0.3) is 0 Å². The van der Waals surface area contributed by atoms with E-state index < -0.39 is 11.2 Å². The highest BCUT2D eigenvalue weighted by atomic mass is 35.5. The summed E-state index contributed by atoms with van der Waals surface area (Å²) in [5.74, 6) is -0.422. The second kappa shape index (κ2) is 7.54. The van der Waals surface area contributed by atoms with Gasteiger partial charge in [-0.25, -0.2) is 4.39 Å². The van der Waals surface area contributed by atoms with Crippen LogP contribution >= 0.6 is 11.6 Å². The molecule has 0 spiro atoms. The van der Waals surface area contributed by atoms with Crippen LogP contribution in [-0.2, 0) is 21.5 Å². The van der Waals surface area contributed by atoms with Gasteiger partial charge in [-0.15, -0.1) is 0 Å². The van der Waals surface area contributed by atoms with Crippen molar-refractivity contribution >= 4 is 17.5 Å². The van der Waals surface area contributed by atoms with Crippen LogP contribution in [-0.4, -0.2) is 31.1 Å². The molecule has 1 fully saturated rings. The first-order valence-electron chi connectivity index (χ1n) is 8.36. The molecule has 5 heteroatoms. The van der Waals surface area contributed by atoms with Gasteiger partial charge in [0.1, 0.15) is 5.82 Å². The summed E-state index contributed by atoms with van der Waals surface area (Å²) in [7, 11) is 1.70. The highest BCUT2D eigenvalue weighted by Gasteiger charge is 2.43. The first-order valence-corrected chi connectivity index (χ1v) is 8.74. The lowest BCUT2D eigenvalue weighted by atomic mass is 9.73. The number of likely N-dealkylation sites (N-methyl/N-ethyl adjacent to an activating group) is 1. The van der Waals surface area contributed by atoms with Gasteiger partial charge in [-0.2, -0.15) is 0 Å². The number of rotatable bonds is 4. The molecule has 1 heterocycles. The van der Waals surface area contributed by atoms with Gasteiger partial charge in [0.05, 0.1) is 5.41 Å². The van der Waals surface area contributed by atoms with Crippen LogP contribution in [0.3, 0.4) is 0 Å². The molecule has 0 aromatic heterocycles. The summed E-state index contributed by atoms with van der Waals surface area (Å²) in [6.45, 7) is 1.21. The molecule has 0 radical (unpaired) electrons. The number of amides is 1.